The molecule has 1 heterocycles. The topological polar surface area (TPSA) is 80.3 Å². The smallest absolute Gasteiger partial charge is 0.305 e. The van der Waals surface area contributed by atoms with Crippen molar-refractivity contribution in [3.8, 4) is 0 Å². The van der Waals surface area contributed by atoms with Crippen LogP contribution in [-0.2, 0) is 46.5 Å². The van der Waals surface area contributed by atoms with E-state index in [1.807, 2.05) is 60.7 Å². The highest BCUT2D eigenvalue weighted by Crippen LogP contribution is 2.39. The van der Waals surface area contributed by atoms with Crippen molar-refractivity contribution in [3.63, 3.8) is 0 Å². The monoisotopic (exact) mass is 440 g/mol. The molecule has 0 saturated carbocycles. The van der Waals surface area contributed by atoms with E-state index < -0.39 is 36.0 Å². The number of ether oxygens (including phenoxy) is 5. The predicted octanol–water partition coefficient (Wildman–Crippen LogP) is 3.56. The van der Waals surface area contributed by atoms with Gasteiger partial charge in [0.05, 0.1) is 19.8 Å². The second-order valence-electron chi connectivity index (χ2n) is 7.47. The van der Waals surface area contributed by atoms with Crippen molar-refractivity contribution in [1.82, 2.24) is 0 Å². The molecule has 0 spiro atoms. The van der Waals surface area contributed by atoms with Crippen LogP contribution < -0.4 is 0 Å². The number of esters is 2. The summed E-state index contributed by atoms with van der Waals surface area (Å²) in [7, 11) is 0. The van der Waals surface area contributed by atoms with Crippen LogP contribution in [0.2, 0.25) is 0 Å². The second kappa shape index (κ2) is 11.0. The molecular formula is C25H28O7. The summed E-state index contributed by atoms with van der Waals surface area (Å²) in [4.78, 5) is 23.6. The van der Waals surface area contributed by atoms with Crippen molar-refractivity contribution < 1.29 is 33.3 Å². The van der Waals surface area contributed by atoms with Crippen LogP contribution in [0.15, 0.2) is 73.3 Å². The van der Waals surface area contributed by atoms with Crippen molar-refractivity contribution in [2.75, 3.05) is 6.61 Å². The van der Waals surface area contributed by atoms with E-state index in [2.05, 4.69) is 6.58 Å². The number of rotatable bonds is 10. The van der Waals surface area contributed by atoms with Crippen molar-refractivity contribution in [1.29, 1.82) is 0 Å². The molecule has 0 aliphatic carbocycles. The van der Waals surface area contributed by atoms with E-state index in [0.29, 0.717) is 6.61 Å². The Morgan fingerprint density at radius 3 is 2.03 bits per heavy atom. The molecule has 7 nitrogen and oxygen atoms in total. The van der Waals surface area contributed by atoms with Crippen molar-refractivity contribution >= 4 is 11.9 Å². The molecule has 3 rings (SSSR count). The lowest BCUT2D eigenvalue weighted by atomic mass is 9.92. The van der Waals surface area contributed by atoms with Crippen molar-refractivity contribution in [3.05, 3.63) is 84.4 Å². The summed E-state index contributed by atoms with van der Waals surface area (Å²) in [5.41, 5.74) is 0.612. The minimum absolute atomic E-state index is 0.102. The summed E-state index contributed by atoms with van der Waals surface area (Å²) in [5, 5.41) is 0. The van der Waals surface area contributed by atoms with Gasteiger partial charge in [0.2, 0.25) is 6.29 Å². The molecule has 2 aromatic carbocycles. The molecule has 1 unspecified atom stereocenters. The Kier molecular flexibility index (Phi) is 8.16. The van der Waals surface area contributed by atoms with Crippen LogP contribution in [-0.4, -0.2) is 42.6 Å². The quantitative estimate of drug-likeness (QED) is 0.413. The molecule has 4 atom stereocenters. The third-order valence-corrected chi connectivity index (χ3v) is 5.10. The zero-order valence-electron chi connectivity index (χ0n) is 18.3. The van der Waals surface area contributed by atoms with E-state index in [-0.39, 0.29) is 13.2 Å². The van der Waals surface area contributed by atoms with Crippen molar-refractivity contribution in [2.24, 2.45) is 0 Å². The van der Waals surface area contributed by atoms with E-state index in [9.17, 15) is 9.59 Å². The van der Waals surface area contributed by atoms with Gasteiger partial charge in [0.1, 0.15) is 6.10 Å². The molecule has 170 valence electrons. The number of hydrogen-bond donors (Lipinski definition) is 0. The van der Waals surface area contributed by atoms with Gasteiger partial charge in [0.25, 0.3) is 0 Å². The maximum atomic E-state index is 11.9. The lowest BCUT2D eigenvalue weighted by Gasteiger charge is -2.34. The first-order valence-corrected chi connectivity index (χ1v) is 10.4. The third kappa shape index (κ3) is 5.82. The molecule has 0 amide bonds. The molecule has 1 aliphatic heterocycles. The molecule has 1 aliphatic rings. The largest absolute Gasteiger partial charge is 0.452 e. The molecule has 1 fully saturated rings. The zero-order valence-corrected chi connectivity index (χ0v) is 18.3. The summed E-state index contributed by atoms with van der Waals surface area (Å²) >= 11 is 0. The molecule has 0 N–H and O–H groups in total. The molecule has 2 aromatic rings. The van der Waals surface area contributed by atoms with E-state index in [1.54, 1.807) is 0 Å². The van der Waals surface area contributed by atoms with E-state index >= 15 is 0 Å². The van der Waals surface area contributed by atoms with Crippen LogP contribution in [0.3, 0.4) is 0 Å². The van der Waals surface area contributed by atoms with Gasteiger partial charge < -0.3 is 23.7 Å². The van der Waals surface area contributed by atoms with Crippen molar-refractivity contribution in [2.45, 2.75) is 51.2 Å². The first-order chi connectivity index (χ1) is 15.4. The second-order valence-corrected chi connectivity index (χ2v) is 7.47. The highest BCUT2D eigenvalue weighted by atomic mass is 16.8. The third-order valence-electron chi connectivity index (χ3n) is 5.10. The molecule has 0 bridgehead atoms. The Morgan fingerprint density at radius 1 is 0.938 bits per heavy atom. The highest BCUT2D eigenvalue weighted by Gasteiger charge is 2.60. The van der Waals surface area contributed by atoms with Gasteiger partial charge in [-0.1, -0.05) is 73.3 Å². The Balaban J connectivity index is 1.84. The van der Waals surface area contributed by atoms with Gasteiger partial charge in [-0.05, 0) is 11.1 Å². The van der Waals surface area contributed by atoms with E-state index in [1.165, 1.54) is 19.9 Å². The number of benzene rings is 2. The zero-order chi connectivity index (χ0) is 23.0. The standard InChI is InChI=1S/C25H28O7/c1-4-25(29-16-21-13-9-6-10-14-21)22(17-28-15-20-11-7-5-8-12-20)32-24(31-19(3)27)23(25)30-18(2)26/h4-14,22-24H,1,15-17H2,2-3H3/t22-,23+,24?,25-/m1/s1. The Morgan fingerprint density at radius 2 is 1.50 bits per heavy atom. The molecule has 0 aromatic heterocycles. The fourth-order valence-corrected chi connectivity index (χ4v) is 3.61. The average molecular weight is 440 g/mol. The first-order valence-electron chi connectivity index (χ1n) is 10.4. The maximum Gasteiger partial charge on any atom is 0.305 e. The van der Waals surface area contributed by atoms with Crippen LogP contribution in [0.1, 0.15) is 25.0 Å². The fourth-order valence-electron chi connectivity index (χ4n) is 3.61. The molecular weight excluding hydrogens is 412 g/mol. The number of hydrogen-bond acceptors (Lipinski definition) is 7. The van der Waals surface area contributed by atoms with Gasteiger partial charge in [-0.3, -0.25) is 9.59 Å². The predicted molar refractivity (Wildman–Crippen MR) is 116 cm³/mol. The summed E-state index contributed by atoms with van der Waals surface area (Å²) in [6.07, 6.45) is -1.41. The molecule has 0 radical (unpaired) electrons. The normalized spacial score (nSPS) is 24.6. The van der Waals surface area contributed by atoms with Gasteiger partial charge in [0.15, 0.2) is 11.7 Å². The van der Waals surface area contributed by atoms with Crippen LogP contribution in [0.4, 0.5) is 0 Å². The van der Waals surface area contributed by atoms with E-state index in [0.717, 1.165) is 11.1 Å². The first kappa shape index (κ1) is 23.7. The Labute approximate surface area is 187 Å². The van der Waals surface area contributed by atoms with Crippen LogP contribution in [0.5, 0.6) is 0 Å². The number of carbonyl (C=O) groups is 2. The maximum absolute atomic E-state index is 11.9. The molecule has 32 heavy (non-hydrogen) atoms. The van der Waals surface area contributed by atoms with Crippen LogP contribution in [0.25, 0.3) is 0 Å². The highest BCUT2D eigenvalue weighted by molar-refractivity contribution is 5.67. The Bertz CT molecular complexity index is 899. The summed E-state index contributed by atoms with van der Waals surface area (Å²) in [5.74, 6) is -1.13. The van der Waals surface area contributed by atoms with Gasteiger partial charge in [0, 0.05) is 13.8 Å². The molecule has 1 saturated heterocycles. The minimum atomic E-state index is -1.29. The Hall–Kier alpha value is -3.00. The number of carbonyl (C=O) groups excluding carboxylic acids is 2. The van der Waals surface area contributed by atoms with Gasteiger partial charge >= 0.3 is 11.9 Å². The summed E-state index contributed by atoms with van der Waals surface area (Å²) in [6.45, 7) is 7.11. The minimum Gasteiger partial charge on any atom is -0.452 e. The van der Waals surface area contributed by atoms with E-state index in [4.69, 9.17) is 23.7 Å². The van der Waals surface area contributed by atoms with Gasteiger partial charge in [-0.2, -0.15) is 0 Å². The summed E-state index contributed by atoms with van der Waals surface area (Å²) < 4.78 is 29.0. The fraction of sp³-hybridized carbons (Fsp3) is 0.360. The van der Waals surface area contributed by atoms with Crippen LogP contribution in [0, 0.1) is 0 Å². The van der Waals surface area contributed by atoms with Gasteiger partial charge in [-0.25, -0.2) is 0 Å². The SMILES string of the molecule is C=C[C@@]1(OCc2ccccc2)[C@@H](COCc2ccccc2)OC(OC(C)=O)[C@@H]1OC(C)=O. The summed E-state index contributed by atoms with van der Waals surface area (Å²) in [6, 6.07) is 19.2. The lowest BCUT2D eigenvalue weighted by molar-refractivity contribution is -0.198. The molecule has 7 heteroatoms. The average Bonchev–Trinajstić information content (AvgIpc) is 3.05. The van der Waals surface area contributed by atoms with Crippen LogP contribution >= 0.6 is 0 Å². The lowest BCUT2D eigenvalue weighted by Crippen LogP contribution is -2.52. The van der Waals surface area contributed by atoms with Gasteiger partial charge in [-0.15, -0.1) is 0 Å².